The summed E-state index contributed by atoms with van der Waals surface area (Å²) in [7, 11) is -2.35. The van der Waals surface area contributed by atoms with Crippen LogP contribution in [0.25, 0.3) is 0 Å². The van der Waals surface area contributed by atoms with Gasteiger partial charge < -0.3 is 9.84 Å². The number of aryl methyl sites for hydroxylation is 1. The maximum atomic E-state index is 12.4. The second kappa shape index (κ2) is 5.37. The summed E-state index contributed by atoms with van der Waals surface area (Å²) >= 11 is 5.85. The number of sulfonamides is 1. The number of aromatic nitrogens is 2. The Labute approximate surface area is 116 Å². The average molecular weight is 310 g/mol. The Morgan fingerprint density at radius 1 is 1.58 bits per heavy atom. The van der Waals surface area contributed by atoms with Gasteiger partial charge in [-0.15, -0.1) is 0 Å². The molecule has 2 rings (SSSR count). The fourth-order valence-electron chi connectivity index (χ4n) is 2.09. The van der Waals surface area contributed by atoms with E-state index in [-0.39, 0.29) is 16.7 Å². The van der Waals surface area contributed by atoms with E-state index < -0.39 is 15.6 Å². The molecule has 0 bridgehead atoms. The van der Waals surface area contributed by atoms with Crippen LogP contribution in [0.5, 0.6) is 0 Å². The minimum Gasteiger partial charge on any atom is -0.394 e. The number of nitrogens with one attached hydrogen (secondary N) is 1. The lowest BCUT2D eigenvalue weighted by atomic mass is 9.93. The van der Waals surface area contributed by atoms with Gasteiger partial charge >= 0.3 is 0 Å². The Morgan fingerprint density at radius 2 is 2.21 bits per heavy atom. The minimum absolute atomic E-state index is 0.0511. The molecule has 0 radical (unpaired) electrons. The third-order valence-electron chi connectivity index (χ3n) is 3.20. The summed E-state index contributed by atoms with van der Waals surface area (Å²) in [6.45, 7) is 0.523. The number of aliphatic hydroxyl groups excluding tert-OH is 1. The normalized spacial score (nSPS) is 19.5. The molecule has 108 valence electrons. The highest BCUT2D eigenvalue weighted by molar-refractivity contribution is 7.89. The highest BCUT2D eigenvalue weighted by atomic mass is 35.5. The SMILES string of the molecule is Cn1ncc(Cl)c1S(=O)(=O)NC1(CO)CCOCC1. The van der Waals surface area contributed by atoms with Crippen molar-refractivity contribution < 1.29 is 18.3 Å². The molecular formula is C10H16ClN3O4S. The van der Waals surface area contributed by atoms with E-state index in [2.05, 4.69) is 9.82 Å². The molecule has 1 aliphatic heterocycles. The molecule has 19 heavy (non-hydrogen) atoms. The van der Waals surface area contributed by atoms with Gasteiger partial charge in [-0.05, 0) is 12.8 Å². The predicted octanol–water partition coefficient (Wildman–Crippen LogP) is -0.107. The summed E-state index contributed by atoms with van der Waals surface area (Å²) in [6, 6.07) is 0. The highest BCUT2D eigenvalue weighted by Gasteiger charge is 2.38. The lowest BCUT2D eigenvalue weighted by Gasteiger charge is -2.35. The van der Waals surface area contributed by atoms with Crippen LogP contribution in [0.2, 0.25) is 5.02 Å². The van der Waals surface area contributed by atoms with Crippen LogP contribution in [-0.2, 0) is 21.8 Å². The molecule has 0 spiro atoms. The Balaban J connectivity index is 2.30. The van der Waals surface area contributed by atoms with Crippen LogP contribution in [0.3, 0.4) is 0 Å². The van der Waals surface area contributed by atoms with Gasteiger partial charge in [-0.1, -0.05) is 11.6 Å². The van der Waals surface area contributed by atoms with Crippen LogP contribution in [0, 0.1) is 0 Å². The second-order valence-electron chi connectivity index (χ2n) is 4.58. The standard InChI is InChI=1S/C10H16ClN3O4S/c1-14-9(8(11)6-12-14)19(16,17)13-10(7-15)2-4-18-5-3-10/h6,13,15H,2-5,7H2,1H3. The number of hydrogen-bond donors (Lipinski definition) is 2. The molecule has 0 atom stereocenters. The first-order valence-corrected chi connectivity index (χ1v) is 7.66. The maximum Gasteiger partial charge on any atom is 0.259 e. The van der Waals surface area contributed by atoms with E-state index in [1.165, 1.54) is 17.9 Å². The maximum absolute atomic E-state index is 12.4. The Hall–Kier alpha value is -0.670. The molecule has 0 amide bonds. The number of nitrogens with zero attached hydrogens (tertiary/aromatic N) is 2. The van der Waals surface area contributed by atoms with Crippen molar-refractivity contribution in [3.05, 3.63) is 11.2 Å². The molecule has 1 fully saturated rings. The molecule has 0 unspecified atom stereocenters. The van der Waals surface area contributed by atoms with Gasteiger partial charge in [0.25, 0.3) is 10.0 Å². The third-order valence-corrected chi connectivity index (χ3v) is 5.28. The topological polar surface area (TPSA) is 93.5 Å². The summed E-state index contributed by atoms with van der Waals surface area (Å²) in [5.74, 6) is 0. The fourth-order valence-corrected chi connectivity index (χ4v) is 4.20. The first kappa shape index (κ1) is 14.7. The Morgan fingerprint density at radius 3 is 2.68 bits per heavy atom. The van der Waals surface area contributed by atoms with Gasteiger partial charge in [0.2, 0.25) is 0 Å². The first-order chi connectivity index (χ1) is 8.90. The first-order valence-electron chi connectivity index (χ1n) is 5.80. The predicted molar refractivity (Wildman–Crippen MR) is 68.4 cm³/mol. The summed E-state index contributed by atoms with van der Waals surface area (Å²) in [5.41, 5.74) is -0.898. The molecule has 0 saturated carbocycles. The zero-order chi connectivity index (χ0) is 14.1. The second-order valence-corrected chi connectivity index (χ2v) is 6.58. The van der Waals surface area contributed by atoms with E-state index in [4.69, 9.17) is 16.3 Å². The quantitative estimate of drug-likeness (QED) is 0.809. The van der Waals surface area contributed by atoms with Crippen molar-refractivity contribution in [2.24, 2.45) is 7.05 Å². The molecule has 0 aromatic carbocycles. The van der Waals surface area contributed by atoms with Crippen LogP contribution in [0.1, 0.15) is 12.8 Å². The Kier molecular flexibility index (Phi) is 4.17. The molecule has 9 heteroatoms. The van der Waals surface area contributed by atoms with E-state index in [9.17, 15) is 13.5 Å². The van der Waals surface area contributed by atoms with Crippen molar-refractivity contribution >= 4 is 21.6 Å². The van der Waals surface area contributed by atoms with Crippen molar-refractivity contribution in [2.45, 2.75) is 23.4 Å². The molecule has 2 N–H and O–H groups in total. The molecule has 7 nitrogen and oxygen atoms in total. The van der Waals surface area contributed by atoms with Crippen molar-refractivity contribution in [2.75, 3.05) is 19.8 Å². The molecule has 1 aromatic rings. The number of halogens is 1. The largest absolute Gasteiger partial charge is 0.394 e. The number of aliphatic hydroxyl groups is 1. The minimum atomic E-state index is -3.85. The zero-order valence-corrected chi connectivity index (χ0v) is 12.0. The third kappa shape index (κ3) is 2.92. The van der Waals surface area contributed by atoms with Gasteiger partial charge in [0.1, 0.15) is 0 Å². The number of hydrogen-bond acceptors (Lipinski definition) is 5. The van der Waals surface area contributed by atoms with Gasteiger partial charge in [0, 0.05) is 20.3 Å². The monoisotopic (exact) mass is 309 g/mol. The van der Waals surface area contributed by atoms with Crippen LogP contribution in [0.15, 0.2) is 11.2 Å². The number of rotatable bonds is 4. The Bertz CT molecular complexity index is 532. The van der Waals surface area contributed by atoms with E-state index >= 15 is 0 Å². The summed E-state index contributed by atoms with van der Waals surface area (Å²) in [5, 5.41) is 13.3. The smallest absolute Gasteiger partial charge is 0.259 e. The summed E-state index contributed by atoms with van der Waals surface area (Å²) < 4.78 is 33.6. The molecule has 1 aromatic heterocycles. The van der Waals surface area contributed by atoms with E-state index in [1.807, 2.05) is 0 Å². The van der Waals surface area contributed by atoms with Crippen molar-refractivity contribution in [3.8, 4) is 0 Å². The molecule has 2 heterocycles. The van der Waals surface area contributed by atoms with Crippen molar-refractivity contribution in [1.29, 1.82) is 0 Å². The molecule has 0 aliphatic carbocycles. The van der Waals surface area contributed by atoms with Crippen LogP contribution < -0.4 is 4.72 Å². The van der Waals surface area contributed by atoms with E-state index in [1.54, 1.807) is 0 Å². The molecular weight excluding hydrogens is 294 g/mol. The van der Waals surface area contributed by atoms with Crippen LogP contribution >= 0.6 is 11.6 Å². The van der Waals surface area contributed by atoms with Gasteiger partial charge in [-0.25, -0.2) is 13.1 Å². The average Bonchev–Trinajstić information content (AvgIpc) is 2.70. The fraction of sp³-hybridized carbons (Fsp3) is 0.700. The molecule has 1 aliphatic rings. The van der Waals surface area contributed by atoms with Crippen molar-refractivity contribution in [1.82, 2.24) is 14.5 Å². The lowest BCUT2D eigenvalue weighted by molar-refractivity contribution is 0.0222. The highest BCUT2D eigenvalue weighted by Crippen LogP contribution is 2.26. The lowest BCUT2D eigenvalue weighted by Crippen LogP contribution is -2.54. The van der Waals surface area contributed by atoms with Gasteiger partial charge in [0.05, 0.1) is 23.4 Å². The van der Waals surface area contributed by atoms with Gasteiger partial charge in [-0.3, -0.25) is 4.68 Å². The van der Waals surface area contributed by atoms with Gasteiger partial charge in [-0.2, -0.15) is 5.10 Å². The van der Waals surface area contributed by atoms with E-state index in [0.717, 1.165) is 0 Å². The number of ether oxygens (including phenoxy) is 1. The molecule has 1 saturated heterocycles. The summed E-state index contributed by atoms with van der Waals surface area (Å²) in [4.78, 5) is 0. The summed E-state index contributed by atoms with van der Waals surface area (Å²) in [6.07, 6.45) is 2.10. The van der Waals surface area contributed by atoms with E-state index in [0.29, 0.717) is 26.1 Å². The van der Waals surface area contributed by atoms with Crippen LogP contribution in [0.4, 0.5) is 0 Å². The van der Waals surface area contributed by atoms with Gasteiger partial charge in [0.15, 0.2) is 5.03 Å². The van der Waals surface area contributed by atoms with Crippen molar-refractivity contribution in [3.63, 3.8) is 0 Å². The van der Waals surface area contributed by atoms with Crippen LogP contribution in [-0.4, -0.2) is 48.7 Å². The zero-order valence-electron chi connectivity index (χ0n) is 10.5.